The van der Waals surface area contributed by atoms with Crippen molar-refractivity contribution in [1.29, 1.82) is 0 Å². The van der Waals surface area contributed by atoms with Gasteiger partial charge in [-0.15, -0.1) is 0 Å². The number of benzene rings is 1. The molecule has 0 unspecified atom stereocenters. The van der Waals surface area contributed by atoms with Crippen LogP contribution in [0.15, 0.2) is 36.5 Å². The minimum Gasteiger partial charge on any atom is -0.353 e. The zero-order valence-electron chi connectivity index (χ0n) is 13.8. The molecule has 1 amide bonds. The number of para-hydroxylation sites is 1. The molecule has 0 atom stereocenters. The first-order valence-electron chi connectivity index (χ1n) is 7.71. The monoisotopic (exact) mass is 313 g/mol. The fourth-order valence-corrected chi connectivity index (χ4v) is 2.10. The van der Waals surface area contributed by atoms with Crippen molar-refractivity contribution in [2.45, 2.75) is 13.3 Å². The molecule has 1 aromatic heterocycles. The van der Waals surface area contributed by atoms with Crippen molar-refractivity contribution < 1.29 is 4.79 Å². The third-order valence-electron chi connectivity index (χ3n) is 3.38. The molecule has 0 saturated carbocycles. The van der Waals surface area contributed by atoms with Crippen molar-refractivity contribution in [2.75, 3.05) is 37.8 Å². The van der Waals surface area contributed by atoms with E-state index in [9.17, 15) is 4.79 Å². The molecule has 0 radical (unpaired) electrons. The summed E-state index contributed by atoms with van der Waals surface area (Å²) in [4.78, 5) is 22.8. The topological polar surface area (TPSA) is 70.2 Å². The number of nitrogens with zero attached hydrogens (tertiary/aromatic N) is 3. The predicted octanol–water partition coefficient (Wildman–Crippen LogP) is 2.26. The van der Waals surface area contributed by atoms with Crippen LogP contribution in [0.3, 0.4) is 0 Å². The van der Waals surface area contributed by atoms with Gasteiger partial charge in [-0.05, 0) is 38.2 Å². The van der Waals surface area contributed by atoms with E-state index in [2.05, 4.69) is 32.4 Å². The number of carbonyl (C=O) groups excluding carboxylic acids is 1. The average molecular weight is 313 g/mol. The van der Waals surface area contributed by atoms with Crippen LogP contribution < -0.4 is 10.6 Å². The van der Waals surface area contributed by atoms with E-state index in [4.69, 9.17) is 0 Å². The third-order valence-corrected chi connectivity index (χ3v) is 3.38. The first-order chi connectivity index (χ1) is 11.1. The first kappa shape index (κ1) is 16.9. The SMILES string of the molecule is CCc1ccccc1NC(=O)c1ccnc(NCCN(C)C)n1. The highest BCUT2D eigenvalue weighted by molar-refractivity contribution is 6.03. The van der Waals surface area contributed by atoms with Gasteiger partial charge in [0.2, 0.25) is 5.95 Å². The highest BCUT2D eigenvalue weighted by Gasteiger charge is 2.10. The van der Waals surface area contributed by atoms with Gasteiger partial charge in [0.25, 0.3) is 5.91 Å². The second-order valence-corrected chi connectivity index (χ2v) is 5.46. The van der Waals surface area contributed by atoms with Gasteiger partial charge in [-0.25, -0.2) is 9.97 Å². The molecule has 0 aliphatic rings. The molecule has 2 aromatic rings. The van der Waals surface area contributed by atoms with Crippen molar-refractivity contribution in [3.05, 3.63) is 47.8 Å². The lowest BCUT2D eigenvalue weighted by Gasteiger charge is -2.11. The number of anilines is 2. The Morgan fingerprint density at radius 3 is 2.74 bits per heavy atom. The smallest absolute Gasteiger partial charge is 0.274 e. The number of rotatable bonds is 7. The fourth-order valence-electron chi connectivity index (χ4n) is 2.10. The standard InChI is InChI=1S/C17H23N5O/c1-4-13-7-5-6-8-14(13)20-16(23)15-9-10-18-17(21-15)19-11-12-22(2)3/h5-10H,4,11-12H2,1-3H3,(H,20,23)(H,18,19,21). The maximum Gasteiger partial charge on any atom is 0.274 e. The molecule has 0 spiro atoms. The Balaban J connectivity index is 2.04. The molecule has 1 heterocycles. The molecule has 0 aliphatic carbocycles. The zero-order chi connectivity index (χ0) is 16.7. The van der Waals surface area contributed by atoms with Crippen LogP contribution in [0.25, 0.3) is 0 Å². The quantitative estimate of drug-likeness (QED) is 0.820. The first-order valence-corrected chi connectivity index (χ1v) is 7.71. The summed E-state index contributed by atoms with van der Waals surface area (Å²) in [5.74, 6) is 0.229. The number of carbonyl (C=O) groups is 1. The number of aryl methyl sites for hydroxylation is 1. The second kappa shape index (κ2) is 8.24. The average Bonchev–Trinajstić information content (AvgIpc) is 2.55. The molecule has 0 bridgehead atoms. The van der Waals surface area contributed by atoms with Gasteiger partial charge in [-0.3, -0.25) is 4.79 Å². The number of hydrogen-bond donors (Lipinski definition) is 2. The molecular weight excluding hydrogens is 290 g/mol. The van der Waals surface area contributed by atoms with Gasteiger partial charge in [0.05, 0.1) is 0 Å². The zero-order valence-corrected chi connectivity index (χ0v) is 13.8. The maximum absolute atomic E-state index is 12.4. The highest BCUT2D eigenvalue weighted by Crippen LogP contribution is 2.16. The minimum absolute atomic E-state index is 0.232. The van der Waals surface area contributed by atoms with Crippen LogP contribution in [0.4, 0.5) is 11.6 Å². The molecular formula is C17H23N5O. The second-order valence-electron chi connectivity index (χ2n) is 5.46. The Kier molecular flexibility index (Phi) is 6.05. The van der Waals surface area contributed by atoms with E-state index >= 15 is 0 Å². The van der Waals surface area contributed by atoms with E-state index in [-0.39, 0.29) is 5.91 Å². The van der Waals surface area contributed by atoms with Crippen molar-refractivity contribution in [2.24, 2.45) is 0 Å². The summed E-state index contributed by atoms with van der Waals surface area (Å²) >= 11 is 0. The molecule has 6 heteroatoms. The van der Waals surface area contributed by atoms with Crippen LogP contribution in [-0.4, -0.2) is 48.0 Å². The normalized spacial score (nSPS) is 10.6. The minimum atomic E-state index is -0.232. The fraction of sp³-hybridized carbons (Fsp3) is 0.353. The van der Waals surface area contributed by atoms with Crippen LogP contribution in [0.1, 0.15) is 23.0 Å². The van der Waals surface area contributed by atoms with Crippen LogP contribution >= 0.6 is 0 Å². The summed E-state index contributed by atoms with van der Waals surface area (Å²) in [7, 11) is 4.00. The Bertz CT molecular complexity index is 657. The summed E-state index contributed by atoms with van der Waals surface area (Å²) < 4.78 is 0. The highest BCUT2D eigenvalue weighted by atomic mass is 16.1. The van der Waals surface area contributed by atoms with E-state index in [1.807, 2.05) is 38.4 Å². The molecule has 23 heavy (non-hydrogen) atoms. The van der Waals surface area contributed by atoms with Gasteiger partial charge in [0.1, 0.15) is 5.69 Å². The Hall–Kier alpha value is -2.47. The number of aromatic nitrogens is 2. The van der Waals surface area contributed by atoms with Crippen molar-refractivity contribution >= 4 is 17.5 Å². The van der Waals surface area contributed by atoms with E-state index in [0.717, 1.165) is 30.8 Å². The lowest BCUT2D eigenvalue weighted by atomic mass is 10.1. The molecule has 2 N–H and O–H groups in total. The van der Waals surface area contributed by atoms with E-state index in [1.54, 1.807) is 12.3 Å². The van der Waals surface area contributed by atoms with Gasteiger partial charge < -0.3 is 15.5 Å². The van der Waals surface area contributed by atoms with Crippen molar-refractivity contribution in [1.82, 2.24) is 14.9 Å². The largest absolute Gasteiger partial charge is 0.353 e. The molecule has 0 aliphatic heterocycles. The lowest BCUT2D eigenvalue weighted by molar-refractivity contribution is 0.102. The molecule has 122 valence electrons. The molecule has 0 fully saturated rings. The molecule has 6 nitrogen and oxygen atoms in total. The van der Waals surface area contributed by atoms with Crippen LogP contribution in [0, 0.1) is 0 Å². The van der Waals surface area contributed by atoms with Crippen LogP contribution in [0.2, 0.25) is 0 Å². The summed E-state index contributed by atoms with van der Waals surface area (Å²) in [5.41, 5.74) is 2.26. The summed E-state index contributed by atoms with van der Waals surface area (Å²) in [6.07, 6.45) is 2.45. The van der Waals surface area contributed by atoms with Crippen LogP contribution in [-0.2, 0) is 6.42 Å². The molecule has 1 aromatic carbocycles. The van der Waals surface area contributed by atoms with E-state index in [1.165, 1.54) is 0 Å². The van der Waals surface area contributed by atoms with E-state index < -0.39 is 0 Å². The van der Waals surface area contributed by atoms with Gasteiger partial charge in [0, 0.05) is 25.0 Å². The summed E-state index contributed by atoms with van der Waals surface area (Å²) in [6.45, 7) is 3.64. The summed E-state index contributed by atoms with van der Waals surface area (Å²) in [5, 5.41) is 6.03. The van der Waals surface area contributed by atoms with E-state index in [0.29, 0.717) is 11.6 Å². The number of amides is 1. The lowest BCUT2D eigenvalue weighted by Crippen LogP contribution is -2.22. The Morgan fingerprint density at radius 2 is 2.00 bits per heavy atom. The number of nitrogens with one attached hydrogen (secondary N) is 2. The number of hydrogen-bond acceptors (Lipinski definition) is 5. The van der Waals surface area contributed by atoms with Gasteiger partial charge in [-0.1, -0.05) is 25.1 Å². The molecule has 2 rings (SSSR count). The Morgan fingerprint density at radius 1 is 1.22 bits per heavy atom. The molecule has 0 saturated heterocycles. The number of likely N-dealkylation sites (N-methyl/N-ethyl adjacent to an activating group) is 1. The van der Waals surface area contributed by atoms with Crippen LogP contribution in [0.5, 0.6) is 0 Å². The summed E-state index contributed by atoms with van der Waals surface area (Å²) in [6, 6.07) is 9.38. The van der Waals surface area contributed by atoms with Crippen molar-refractivity contribution in [3.63, 3.8) is 0 Å². The third kappa shape index (κ3) is 5.03. The predicted molar refractivity (Wildman–Crippen MR) is 92.8 cm³/mol. The van der Waals surface area contributed by atoms with Crippen molar-refractivity contribution in [3.8, 4) is 0 Å². The maximum atomic E-state index is 12.4. The van der Waals surface area contributed by atoms with Gasteiger partial charge in [0.15, 0.2) is 0 Å². The van der Waals surface area contributed by atoms with Gasteiger partial charge in [-0.2, -0.15) is 0 Å². The van der Waals surface area contributed by atoms with Gasteiger partial charge >= 0.3 is 0 Å². The Labute approximate surface area is 137 Å².